The zero-order chi connectivity index (χ0) is 93.7. The van der Waals surface area contributed by atoms with E-state index in [-0.39, 0.29) is 60.3 Å². The molecule has 0 fully saturated rings. The Bertz CT molecular complexity index is 8070. The Balaban J connectivity index is 0.000000127. The molecule has 0 spiro atoms. The third-order valence-electron chi connectivity index (χ3n) is 24.7. The van der Waals surface area contributed by atoms with Crippen LogP contribution < -0.4 is 9.80 Å². The van der Waals surface area contributed by atoms with Crippen molar-refractivity contribution in [1.29, 1.82) is 0 Å². The van der Waals surface area contributed by atoms with E-state index in [2.05, 4.69) is 420 Å². The van der Waals surface area contributed by atoms with Crippen LogP contribution >= 0.6 is 11.3 Å². The first-order chi connectivity index (χ1) is 68.8. The van der Waals surface area contributed by atoms with Crippen molar-refractivity contribution in [3.8, 4) is 89.5 Å². The molecule has 0 saturated carbocycles. The van der Waals surface area contributed by atoms with Gasteiger partial charge in [0.25, 0.3) is 0 Å². The molecule has 3 radical (unpaired) electrons. The van der Waals surface area contributed by atoms with E-state index in [4.69, 9.17) is 0 Å². The second kappa shape index (κ2) is 47.6. The summed E-state index contributed by atoms with van der Waals surface area (Å²) in [5, 5.41) is 15.5. The number of hydrogen-bond acceptors (Lipinski definition) is 7. The predicted molar refractivity (Wildman–Crippen MR) is 588 cm³/mol. The minimum atomic E-state index is 0. The molecular formula is C132H94Ir3N6S-4. The molecule has 25 rings (SSSR count). The molecule has 0 amide bonds. The monoisotopic (exact) mass is 2370 g/mol. The Labute approximate surface area is 874 Å². The topological polar surface area (TPSA) is 58.0 Å². The maximum atomic E-state index is 4.55. The molecule has 0 saturated heterocycles. The van der Waals surface area contributed by atoms with Crippen LogP contribution in [-0.2, 0) is 60.3 Å². The number of aryl methyl sites for hydroxylation is 2. The Morgan fingerprint density at radius 2 is 0.599 bits per heavy atom. The van der Waals surface area contributed by atoms with Crippen molar-refractivity contribution in [3.05, 3.63) is 570 Å². The summed E-state index contributed by atoms with van der Waals surface area (Å²) < 4.78 is 2.70. The molecule has 142 heavy (non-hydrogen) atoms. The minimum absolute atomic E-state index is 0. The molecular weight excluding hydrogens is 2280 g/mol. The summed E-state index contributed by atoms with van der Waals surface area (Å²) in [5.74, 6) is 0. The van der Waals surface area contributed by atoms with E-state index in [1.807, 2.05) is 181 Å². The summed E-state index contributed by atoms with van der Waals surface area (Å²) in [6.07, 6.45) is 7.33. The quantitative estimate of drug-likeness (QED) is 0.0799. The fourth-order valence-corrected chi connectivity index (χ4v) is 19.2. The van der Waals surface area contributed by atoms with E-state index in [1.165, 1.54) is 130 Å². The molecule has 0 unspecified atom stereocenters. The third-order valence-corrected chi connectivity index (χ3v) is 26.0. The van der Waals surface area contributed by atoms with Crippen molar-refractivity contribution < 1.29 is 60.3 Å². The maximum absolute atomic E-state index is 4.55. The van der Waals surface area contributed by atoms with E-state index in [1.54, 1.807) is 12.4 Å². The van der Waals surface area contributed by atoms with Gasteiger partial charge in [-0.3, -0.25) is 0 Å². The van der Waals surface area contributed by atoms with Crippen molar-refractivity contribution in [1.82, 2.24) is 19.9 Å². The largest absolute Gasteiger partial charge is 0.310 e. The number of fused-ring (bicyclic) bond motifs is 11. The number of hydrogen-bond donors (Lipinski definition) is 0. The smallest absolute Gasteiger partial charge is 0.0540 e. The molecule has 20 aromatic carbocycles. The molecule has 689 valence electrons. The third kappa shape index (κ3) is 22.6. The van der Waals surface area contributed by atoms with Crippen molar-refractivity contribution in [2.45, 2.75) is 13.8 Å². The summed E-state index contributed by atoms with van der Waals surface area (Å²) in [5.41, 5.74) is 27.1. The number of para-hydroxylation sites is 2. The first kappa shape index (κ1) is 97.7. The maximum Gasteiger partial charge on any atom is 0.0540 e. The summed E-state index contributed by atoms with van der Waals surface area (Å²) in [7, 11) is 0. The van der Waals surface area contributed by atoms with Crippen molar-refractivity contribution in [2.24, 2.45) is 0 Å². The molecule has 5 heterocycles. The van der Waals surface area contributed by atoms with Crippen LogP contribution in [0.3, 0.4) is 0 Å². The number of anilines is 6. The fourth-order valence-electron chi connectivity index (χ4n) is 18.0. The van der Waals surface area contributed by atoms with Gasteiger partial charge < -0.3 is 29.7 Å². The van der Waals surface area contributed by atoms with Crippen LogP contribution in [0.2, 0.25) is 0 Å². The molecule has 0 atom stereocenters. The van der Waals surface area contributed by atoms with Gasteiger partial charge in [0.1, 0.15) is 0 Å². The molecule has 0 bridgehead atoms. The van der Waals surface area contributed by atoms with Crippen LogP contribution in [0.5, 0.6) is 0 Å². The fraction of sp³-hybridized carbons (Fsp3) is 0.0152. The summed E-state index contributed by atoms with van der Waals surface area (Å²) in [6.45, 7) is 4.18. The Kier molecular flexibility index (Phi) is 32.8. The average Bonchev–Trinajstić information content (AvgIpc) is 0.789. The molecule has 0 aliphatic rings. The van der Waals surface area contributed by atoms with Gasteiger partial charge in [0.15, 0.2) is 0 Å². The van der Waals surface area contributed by atoms with Gasteiger partial charge in [-0.05, 0) is 221 Å². The standard InChI is InChI=1S/C44H32N2.C36H22S.C18H14N.C12H10N.2C11H8N.3Ir/c1-3-17-37(18-4-1)45(43-23-11-15-35-13-7-9-21-41(35)43)39-29-25-33(26-30-39)34-27-31-40(32-28-34)46(38-19-5-2-6-20-38)44-24-12-16-36-14-8-10-22-42(36)44;1-2-13-29-27(11-1)28-12-3-4-14-30(28)34-22-24(19-20-31(29)34)23-9-7-10-25(21-23)26-16-8-17-33-32-15-5-6-18-35(32)37-36(26)33;1-14-12-18(16-10-6-3-7-11-16)19-13-17(14)15-8-4-2-5-9-15;1-10-6-5-9-13-12(10)11-7-3-2-4-8-11;2*1-2-6-10(7-3-1)11-8-4-5-9-12-11;;;/h1-32H;1-22H;2-10,12-13H,1H3;2-7,9H,1H3;2*1-6,8-9H;;;/q;;4*-1;;;. The van der Waals surface area contributed by atoms with E-state index >= 15 is 0 Å². The van der Waals surface area contributed by atoms with Gasteiger partial charge in [0.05, 0.1) is 11.4 Å². The predicted octanol–water partition coefficient (Wildman–Crippen LogP) is 35.9. The molecule has 0 aliphatic carbocycles. The van der Waals surface area contributed by atoms with Crippen molar-refractivity contribution in [3.63, 3.8) is 0 Å². The van der Waals surface area contributed by atoms with Crippen LogP contribution in [0.4, 0.5) is 34.1 Å². The van der Waals surface area contributed by atoms with Gasteiger partial charge in [-0.25, -0.2) is 0 Å². The van der Waals surface area contributed by atoms with Crippen LogP contribution in [0.15, 0.2) is 534 Å². The van der Waals surface area contributed by atoms with Gasteiger partial charge in [-0.2, -0.15) is 0 Å². The van der Waals surface area contributed by atoms with Gasteiger partial charge in [-0.15, -0.1) is 155 Å². The van der Waals surface area contributed by atoms with Gasteiger partial charge in [0.2, 0.25) is 0 Å². The molecule has 25 aromatic rings. The Morgan fingerprint density at radius 3 is 1.09 bits per heavy atom. The van der Waals surface area contributed by atoms with E-state index < -0.39 is 0 Å². The number of nitrogens with zero attached hydrogens (tertiary/aromatic N) is 6. The number of aromatic nitrogens is 4. The summed E-state index contributed by atoms with van der Waals surface area (Å²) in [4.78, 5) is 22.0. The summed E-state index contributed by atoms with van der Waals surface area (Å²) >= 11 is 1.89. The zero-order valence-electron chi connectivity index (χ0n) is 77.9. The minimum Gasteiger partial charge on any atom is -0.310 e. The number of pyridine rings is 4. The molecule has 5 aromatic heterocycles. The number of thiophene rings is 1. The van der Waals surface area contributed by atoms with Crippen LogP contribution in [0, 0.1) is 38.1 Å². The van der Waals surface area contributed by atoms with Crippen molar-refractivity contribution in [2.75, 3.05) is 9.80 Å². The molecule has 0 aliphatic heterocycles. The van der Waals surface area contributed by atoms with Gasteiger partial charge >= 0.3 is 0 Å². The molecule has 10 heteroatoms. The first-order valence-electron chi connectivity index (χ1n) is 46.7. The molecule has 6 nitrogen and oxygen atoms in total. The van der Waals surface area contributed by atoms with E-state index in [0.717, 1.165) is 79.2 Å². The van der Waals surface area contributed by atoms with Gasteiger partial charge in [-0.1, -0.05) is 321 Å². The summed E-state index contributed by atoms with van der Waals surface area (Å²) in [6, 6.07) is 190. The van der Waals surface area contributed by atoms with Crippen LogP contribution in [0.1, 0.15) is 11.1 Å². The van der Waals surface area contributed by atoms with E-state index in [0.29, 0.717) is 0 Å². The Hall–Kier alpha value is -15.9. The van der Waals surface area contributed by atoms with Crippen LogP contribution in [-0.4, -0.2) is 19.9 Å². The normalized spacial score (nSPS) is 10.6. The Morgan fingerprint density at radius 1 is 0.218 bits per heavy atom. The van der Waals surface area contributed by atoms with Gasteiger partial charge in [0, 0.05) is 144 Å². The first-order valence-corrected chi connectivity index (χ1v) is 47.5. The van der Waals surface area contributed by atoms with Crippen molar-refractivity contribution >= 4 is 119 Å². The number of rotatable bonds is 14. The van der Waals surface area contributed by atoms with E-state index in [9.17, 15) is 0 Å². The number of benzene rings is 20. The molecule has 0 N–H and O–H groups in total. The average molecular weight is 2370 g/mol. The SMILES string of the molecule is Cc1cc(-c2[c-]cccc2)ncc1-c1ccccc1.Cc1cccnc1-c1[c-]cccc1.[Ir].[Ir].[Ir].[c-]1ccccc1-c1ccccn1.[c-]1ccccc1-c1ccccn1.c1cc(-c2ccc3c4ccccc4c4ccccc4c3c2)cc(-c2cccc3c2sc2ccccc23)c1.c1ccc(N(c2ccc(-c3ccc(N(c4ccccc4)c4cccc5ccccc45)cc3)cc2)c2cccc3ccccc23)cc1. The zero-order valence-corrected chi connectivity index (χ0v) is 85.9. The second-order valence-corrected chi connectivity index (χ2v) is 34.7. The second-order valence-electron chi connectivity index (χ2n) is 33.6. The van der Waals surface area contributed by atoms with Crippen LogP contribution in [0.25, 0.3) is 164 Å².